The highest BCUT2D eigenvalue weighted by Gasteiger charge is 2.25. The lowest BCUT2D eigenvalue weighted by Gasteiger charge is -2.37. The van der Waals surface area contributed by atoms with E-state index in [-0.39, 0.29) is 0 Å². The zero-order chi connectivity index (χ0) is 13.6. The van der Waals surface area contributed by atoms with Gasteiger partial charge in [0.25, 0.3) is 0 Å². The van der Waals surface area contributed by atoms with E-state index in [1.54, 1.807) is 0 Å². The van der Waals surface area contributed by atoms with Gasteiger partial charge in [0.15, 0.2) is 5.17 Å². The first kappa shape index (κ1) is 13.9. The molecule has 2 heterocycles. The fourth-order valence-corrected chi connectivity index (χ4v) is 4.05. The molecule has 4 heteroatoms. The smallest absolute Gasteiger partial charge is 0.159 e. The summed E-state index contributed by atoms with van der Waals surface area (Å²) in [5, 5.41) is 1.26. The molecular weight excluding hydrogens is 266 g/mol. The Balaban J connectivity index is 1.77. The summed E-state index contributed by atoms with van der Waals surface area (Å²) < 4.78 is 0. The SMILES string of the molecule is c1ccc(CN(C2=NCCCS2)C2CCCCC2)nc1. The molecule has 1 aromatic rings. The summed E-state index contributed by atoms with van der Waals surface area (Å²) in [5.41, 5.74) is 1.16. The van der Waals surface area contributed by atoms with Crippen molar-refractivity contribution in [2.45, 2.75) is 51.1 Å². The van der Waals surface area contributed by atoms with Crippen LogP contribution in [0.2, 0.25) is 0 Å². The van der Waals surface area contributed by atoms with Crippen LogP contribution in [0.15, 0.2) is 29.4 Å². The van der Waals surface area contributed by atoms with Gasteiger partial charge < -0.3 is 4.90 Å². The lowest BCUT2D eigenvalue weighted by molar-refractivity contribution is 0.239. The molecule has 3 nitrogen and oxygen atoms in total. The Hall–Kier alpha value is -1.03. The third-order valence-corrected chi connectivity index (χ3v) is 5.21. The van der Waals surface area contributed by atoms with E-state index >= 15 is 0 Å². The molecule has 0 atom stereocenters. The number of hydrogen-bond donors (Lipinski definition) is 0. The van der Waals surface area contributed by atoms with Gasteiger partial charge in [-0.25, -0.2) is 0 Å². The van der Waals surface area contributed by atoms with Crippen LogP contribution in [0.5, 0.6) is 0 Å². The molecular formula is C16H23N3S. The van der Waals surface area contributed by atoms with Crippen LogP contribution in [0.4, 0.5) is 0 Å². The quantitative estimate of drug-likeness (QED) is 0.849. The molecule has 0 N–H and O–H groups in total. The summed E-state index contributed by atoms with van der Waals surface area (Å²) in [6.45, 7) is 1.91. The second-order valence-corrected chi connectivity index (χ2v) is 6.67. The number of aliphatic imine (C=N–C) groups is 1. The Kier molecular flexibility index (Phi) is 4.96. The van der Waals surface area contributed by atoms with Gasteiger partial charge in [-0.05, 0) is 31.4 Å². The van der Waals surface area contributed by atoms with E-state index in [1.807, 2.05) is 24.0 Å². The largest absolute Gasteiger partial charge is 0.343 e. The second kappa shape index (κ2) is 7.11. The van der Waals surface area contributed by atoms with Gasteiger partial charge in [-0.2, -0.15) is 0 Å². The number of hydrogen-bond acceptors (Lipinski definition) is 4. The average Bonchev–Trinajstić information content (AvgIpc) is 2.55. The van der Waals surface area contributed by atoms with Crippen LogP contribution < -0.4 is 0 Å². The van der Waals surface area contributed by atoms with Crippen LogP contribution in [-0.2, 0) is 6.54 Å². The van der Waals surface area contributed by atoms with Crippen LogP contribution in [-0.4, -0.2) is 33.4 Å². The zero-order valence-corrected chi connectivity index (χ0v) is 12.8. The molecule has 3 rings (SSSR count). The summed E-state index contributed by atoms with van der Waals surface area (Å²) >= 11 is 1.93. The monoisotopic (exact) mass is 289 g/mol. The standard InChI is InChI=1S/C16H23N3S/c1-2-8-15(9-3-1)19(16-18-11-6-12-20-16)13-14-7-4-5-10-17-14/h4-5,7,10,15H,1-3,6,8-9,11-13H2. The molecule has 1 fully saturated rings. The summed E-state index contributed by atoms with van der Waals surface area (Å²) in [6, 6.07) is 6.86. The van der Waals surface area contributed by atoms with Crippen LogP contribution in [0.25, 0.3) is 0 Å². The van der Waals surface area contributed by atoms with Gasteiger partial charge in [0.2, 0.25) is 0 Å². The van der Waals surface area contributed by atoms with Gasteiger partial charge in [-0.3, -0.25) is 9.98 Å². The minimum absolute atomic E-state index is 0.662. The predicted molar refractivity (Wildman–Crippen MR) is 86.0 cm³/mol. The summed E-state index contributed by atoms with van der Waals surface area (Å²) in [7, 11) is 0. The Morgan fingerprint density at radius 3 is 2.75 bits per heavy atom. The van der Waals surface area contributed by atoms with E-state index in [4.69, 9.17) is 4.99 Å². The maximum Gasteiger partial charge on any atom is 0.159 e. The molecule has 1 aliphatic heterocycles. The van der Waals surface area contributed by atoms with E-state index in [0.717, 1.165) is 18.8 Å². The fraction of sp³-hybridized carbons (Fsp3) is 0.625. The van der Waals surface area contributed by atoms with Crippen molar-refractivity contribution in [2.24, 2.45) is 4.99 Å². The van der Waals surface area contributed by atoms with Crippen LogP contribution in [0.3, 0.4) is 0 Å². The highest BCUT2D eigenvalue weighted by Crippen LogP contribution is 2.28. The Morgan fingerprint density at radius 2 is 2.05 bits per heavy atom. The molecule has 108 valence electrons. The van der Waals surface area contributed by atoms with Crippen molar-refractivity contribution in [2.75, 3.05) is 12.3 Å². The van der Waals surface area contributed by atoms with Gasteiger partial charge in [-0.1, -0.05) is 37.1 Å². The molecule has 20 heavy (non-hydrogen) atoms. The summed E-state index contributed by atoms with van der Waals surface area (Å²) in [6.07, 6.45) is 9.86. The van der Waals surface area contributed by atoms with Gasteiger partial charge >= 0.3 is 0 Å². The molecule has 0 spiro atoms. The number of pyridine rings is 1. The lowest BCUT2D eigenvalue weighted by Crippen LogP contribution is -2.40. The number of thioether (sulfide) groups is 1. The maximum atomic E-state index is 4.78. The topological polar surface area (TPSA) is 28.5 Å². The minimum atomic E-state index is 0.662. The van der Waals surface area contributed by atoms with Gasteiger partial charge in [-0.15, -0.1) is 0 Å². The second-order valence-electron chi connectivity index (χ2n) is 5.61. The highest BCUT2D eigenvalue weighted by molar-refractivity contribution is 8.13. The van der Waals surface area contributed by atoms with Gasteiger partial charge in [0.1, 0.15) is 0 Å². The van der Waals surface area contributed by atoms with E-state index in [1.165, 1.54) is 49.4 Å². The number of amidine groups is 1. The summed E-state index contributed by atoms with van der Waals surface area (Å²) in [4.78, 5) is 11.8. The number of nitrogens with zero attached hydrogens (tertiary/aromatic N) is 3. The minimum Gasteiger partial charge on any atom is -0.343 e. The highest BCUT2D eigenvalue weighted by atomic mass is 32.2. The van der Waals surface area contributed by atoms with Crippen molar-refractivity contribution in [1.82, 2.24) is 9.88 Å². The Bertz CT molecular complexity index is 440. The molecule has 0 saturated heterocycles. The van der Waals surface area contributed by atoms with E-state index in [9.17, 15) is 0 Å². The van der Waals surface area contributed by atoms with Crippen LogP contribution in [0, 0.1) is 0 Å². The molecule has 0 unspecified atom stereocenters. The van der Waals surface area contributed by atoms with Crippen molar-refractivity contribution in [1.29, 1.82) is 0 Å². The Labute approximate surface area is 125 Å². The van der Waals surface area contributed by atoms with Crippen LogP contribution >= 0.6 is 11.8 Å². The van der Waals surface area contributed by atoms with Crippen molar-refractivity contribution >= 4 is 16.9 Å². The molecule has 0 aromatic carbocycles. The van der Waals surface area contributed by atoms with Crippen molar-refractivity contribution in [3.05, 3.63) is 30.1 Å². The zero-order valence-electron chi connectivity index (χ0n) is 12.0. The van der Waals surface area contributed by atoms with Gasteiger partial charge in [0.05, 0.1) is 12.2 Å². The predicted octanol–water partition coefficient (Wildman–Crippen LogP) is 3.71. The maximum absolute atomic E-state index is 4.78. The molecule has 0 amide bonds. The first-order chi connectivity index (χ1) is 9.93. The molecule has 1 saturated carbocycles. The molecule has 1 aliphatic carbocycles. The van der Waals surface area contributed by atoms with E-state index in [0.29, 0.717) is 6.04 Å². The van der Waals surface area contributed by atoms with Crippen molar-refractivity contribution in [3.8, 4) is 0 Å². The third-order valence-electron chi connectivity index (χ3n) is 4.10. The number of rotatable bonds is 3. The lowest BCUT2D eigenvalue weighted by atomic mass is 9.94. The first-order valence-electron chi connectivity index (χ1n) is 7.77. The molecule has 0 radical (unpaired) electrons. The molecule has 2 aliphatic rings. The average molecular weight is 289 g/mol. The molecule has 1 aromatic heterocycles. The first-order valence-corrected chi connectivity index (χ1v) is 8.76. The van der Waals surface area contributed by atoms with Crippen molar-refractivity contribution in [3.63, 3.8) is 0 Å². The number of aromatic nitrogens is 1. The third kappa shape index (κ3) is 3.54. The molecule has 0 bridgehead atoms. The normalized spacial score (nSPS) is 20.5. The van der Waals surface area contributed by atoms with E-state index in [2.05, 4.69) is 22.0 Å². The van der Waals surface area contributed by atoms with Crippen molar-refractivity contribution < 1.29 is 0 Å². The van der Waals surface area contributed by atoms with Crippen LogP contribution in [0.1, 0.15) is 44.2 Å². The van der Waals surface area contributed by atoms with Gasteiger partial charge in [0, 0.05) is 24.5 Å². The Morgan fingerprint density at radius 1 is 1.15 bits per heavy atom. The van der Waals surface area contributed by atoms with E-state index < -0.39 is 0 Å². The fourth-order valence-electron chi connectivity index (χ4n) is 3.03. The summed E-state index contributed by atoms with van der Waals surface area (Å²) in [5.74, 6) is 1.21.